The fourth-order valence-corrected chi connectivity index (χ4v) is 8.41. The summed E-state index contributed by atoms with van der Waals surface area (Å²) in [5.74, 6) is 2.18. The van der Waals surface area contributed by atoms with Crippen LogP contribution >= 0.6 is 0 Å². The molecule has 0 unspecified atom stereocenters. The van der Waals surface area contributed by atoms with E-state index < -0.39 is 0 Å². The molecule has 7 rings (SSSR count). The van der Waals surface area contributed by atoms with Gasteiger partial charge in [0.15, 0.2) is 5.75 Å². The summed E-state index contributed by atoms with van der Waals surface area (Å²) in [5, 5.41) is 1.30. The summed E-state index contributed by atoms with van der Waals surface area (Å²) in [6.45, 7) is 11.1. The van der Waals surface area contributed by atoms with E-state index in [1.54, 1.807) is 0 Å². The van der Waals surface area contributed by atoms with Crippen LogP contribution in [0.5, 0.6) is 11.5 Å². The molecule has 3 fully saturated rings. The van der Waals surface area contributed by atoms with Crippen LogP contribution in [0.2, 0.25) is 0 Å². The molecule has 0 spiro atoms. The molecule has 3 aromatic rings. The molecule has 2 aromatic carbocycles. The molecular weight excluding hydrogens is 548 g/mol. The van der Waals surface area contributed by atoms with Gasteiger partial charge in [0.05, 0.1) is 23.4 Å². The highest BCUT2D eigenvalue weighted by Gasteiger charge is 2.31. The SMILES string of the molecule is O=COc1ccc2c(C3CCCCC3)c3n(c2c1)CCOc1c-3cccc1N(CCN1CCCCC1)CCN1CCCCC1. The van der Waals surface area contributed by atoms with Gasteiger partial charge in [0, 0.05) is 43.2 Å². The summed E-state index contributed by atoms with van der Waals surface area (Å²) in [6.07, 6.45) is 14.4. The Bertz CT molecular complexity index is 1390. The molecule has 44 heavy (non-hydrogen) atoms. The smallest absolute Gasteiger partial charge is 0.298 e. The number of anilines is 1. The summed E-state index contributed by atoms with van der Waals surface area (Å²) < 4.78 is 14.6. The standard InChI is InChI=1S/C37H50N4O3/c42-28-44-30-15-16-31-34(27-30)41-25-26-43-37-32(36(41)35(31)29-11-4-1-5-12-29)13-10-14-33(37)40(23-21-38-17-6-2-7-18-38)24-22-39-19-8-3-9-20-39/h10,13-16,27-29H,1-9,11-12,17-26H2. The third-order valence-corrected chi connectivity index (χ3v) is 10.7. The second kappa shape index (κ2) is 13.9. The number of piperidine rings is 2. The number of aromatic nitrogens is 1. The molecule has 236 valence electrons. The number of benzene rings is 2. The van der Waals surface area contributed by atoms with Crippen LogP contribution in [0.25, 0.3) is 22.2 Å². The molecule has 1 aromatic heterocycles. The zero-order valence-electron chi connectivity index (χ0n) is 26.5. The fraction of sp³-hybridized carbons (Fsp3) is 0.595. The van der Waals surface area contributed by atoms with Crippen LogP contribution in [-0.4, -0.2) is 79.8 Å². The normalized spacial score (nSPS) is 20.0. The zero-order valence-corrected chi connectivity index (χ0v) is 26.5. The lowest BCUT2D eigenvalue weighted by Crippen LogP contribution is -2.42. The van der Waals surface area contributed by atoms with E-state index in [0.29, 0.717) is 24.7 Å². The minimum Gasteiger partial charge on any atom is -0.489 e. The van der Waals surface area contributed by atoms with E-state index in [2.05, 4.69) is 49.6 Å². The molecule has 0 amide bonds. The van der Waals surface area contributed by atoms with Crippen molar-refractivity contribution in [3.05, 3.63) is 42.0 Å². The number of para-hydroxylation sites is 1. The monoisotopic (exact) mass is 598 g/mol. The highest BCUT2D eigenvalue weighted by Crippen LogP contribution is 2.49. The maximum Gasteiger partial charge on any atom is 0.298 e. The Morgan fingerprint density at radius 2 is 1.50 bits per heavy atom. The average Bonchev–Trinajstić information content (AvgIpc) is 3.26. The van der Waals surface area contributed by atoms with E-state index in [9.17, 15) is 4.79 Å². The summed E-state index contributed by atoms with van der Waals surface area (Å²) in [5.41, 5.74) is 6.39. The molecule has 2 saturated heterocycles. The summed E-state index contributed by atoms with van der Waals surface area (Å²) in [7, 11) is 0. The number of likely N-dealkylation sites (tertiary alicyclic amines) is 2. The van der Waals surface area contributed by atoms with E-state index in [-0.39, 0.29) is 0 Å². The minimum absolute atomic E-state index is 0.530. The van der Waals surface area contributed by atoms with Crippen LogP contribution in [-0.2, 0) is 11.3 Å². The highest BCUT2D eigenvalue weighted by atomic mass is 16.5. The van der Waals surface area contributed by atoms with E-state index in [0.717, 1.165) is 44.0 Å². The van der Waals surface area contributed by atoms with E-state index in [1.807, 2.05) is 6.07 Å². The topological polar surface area (TPSA) is 50.2 Å². The Hall–Kier alpha value is -3.03. The van der Waals surface area contributed by atoms with E-state index in [1.165, 1.54) is 125 Å². The van der Waals surface area contributed by atoms with Crippen molar-refractivity contribution in [1.82, 2.24) is 14.4 Å². The maximum absolute atomic E-state index is 11.2. The fourth-order valence-electron chi connectivity index (χ4n) is 8.41. The van der Waals surface area contributed by atoms with Gasteiger partial charge in [-0.1, -0.05) is 38.2 Å². The molecule has 0 bridgehead atoms. The number of carbonyl (C=O) groups is 1. The van der Waals surface area contributed by atoms with Crippen LogP contribution in [0.4, 0.5) is 5.69 Å². The first-order chi connectivity index (χ1) is 21.8. The highest BCUT2D eigenvalue weighted by molar-refractivity contribution is 5.95. The number of hydrogen-bond acceptors (Lipinski definition) is 6. The van der Waals surface area contributed by atoms with Crippen LogP contribution in [0.3, 0.4) is 0 Å². The van der Waals surface area contributed by atoms with E-state index in [4.69, 9.17) is 9.47 Å². The lowest BCUT2D eigenvalue weighted by molar-refractivity contribution is -0.120. The molecular formula is C37H50N4O3. The number of hydrogen-bond donors (Lipinski definition) is 0. The van der Waals surface area contributed by atoms with Gasteiger partial charge in [-0.25, -0.2) is 0 Å². The van der Waals surface area contributed by atoms with Gasteiger partial charge in [-0.2, -0.15) is 0 Å². The van der Waals surface area contributed by atoms with Gasteiger partial charge in [0.2, 0.25) is 0 Å². The van der Waals surface area contributed by atoms with Crippen molar-refractivity contribution in [2.45, 2.75) is 83.1 Å². The first-order valence-corrected chi connectivity index (χ1v) is 17.5. The van der Waals surface area contributed by atoms with E-state index >= 15 is 0 Å². The lowest BCUT2D eigenvalue weighted by Gasteiger charge is -2.34. The van der Waals surface area contributed by atoms with Crippen molar-refractivity contribution in [2.24, 2.45) is 0 Å². The molecule has 1 saturated carbocycles. The Morgan fingerprint density at radius 3 is 2.18 bits per heavy atom. The third kappa shape index (κ3) is 6.23. The number of fused-ring (bicyclic) bond motifs is 5. The van der Waals surface area contributed by atoms with Crippen molar-refractivity contribution < 1.29 is 14.3 Å². The average molecular weight is 599 g/mol. The van der Waals surface area contributed by atoms with Crippen LogP contribution in [0.1, 0.15) is 82.1 Å². The van der Waals surface area contributed by atoms with Gasteiger partial charge < -0.3 is 28.7 Å². The van der Waals surface area contributed by atoms with Crippen molar-refractivity contribution in [2.75, 3.05) is 63.9 Å². The van der Waals surface area contributed by atoms with Gasteiger partial charge in [-0.05, 0) is 100 Å². The Kier molecular flexibility index (Phi) is 9.40. The van der Waals surface area contributed by atoms with Crippen LogP contribution in [0, 0.1) is 0 Å². The molecule has 7 heteroatoms. The number of nitrogens with zero attached hydrogens (tertiary/aromatic N) is 4. The van der Waals surface area contributed by atoms with Crippen molar-refractivity contribution in [3.63, 3.8) is 0 Å². The Balaban J connectivity index is 1.29. The van der Waals surface area contributed by atoms with Crippen molar-refractivity contribution in [1.29, 1.82) is 0 Å². The molecule has 4 heterocycles. The molecule has 1 aliphatic carbocycles. The second-order valence-electron chi connectivity index (χ2n) is 13.4. The number of ether oxygens (including phenoxy) is 2. The first kappa shape index (κ1) is 29.7. The summed E-state index contributed by atoms with van der Waals surface area (Å²) in [4.78, 5) is 19.2. The predicted molar refractivity (Wildman–Crippen MR) is 178 cm³/mol. The lowest BCUT2D eigenvalue weighted by atomic mass is 9.81. The molecule has 3 aliphatic heterocycles. The third-order valence-electron chi connectivity index (χ3n) is 10.7. The van der Waals surface area contributed by atoms with Gasteiger partial charge in [-0.15, -0.1) is 0 Å². The second-order valence-corrected chi connectivity index (χ2v) is 13.4. The first-order valence-electron chi connectivity index (χ1n) is 17.5. The van der Waals surface area contributed by atoms with Gasteiger partial charge in [-0.3, -0.25) is 4.79 Å². The Labute approximate surface area is 263 Å². The number of carbonyl (C=O) groups excluding carboxylic acids is 1. The van der Waals surface area contributed by atoms with Crippen LogP contribution < -0.4 is 14.4 Å². The zero-order chi connectivity index (χ0) is 29.7. The van der Waals surface area contributed by atoms with Gasteiger partial charge in [0.1, 0.15) is 12.4 Å². The van der Waals surface area contributed by atoms with Gasteiger partial charge >= 0.3 is 0 Å². The molecule has 0 N–H and O–H groups in total. The maximum atomic E-state index is 11.2. The Morgan fingerprint density at radius 1 is 0.818 bits per heavy atom. The predicted octanol–water partition coefficient (Wildman–Crippen LogP) is 7.06. The molecule has 0 radical (unpaired) electrons. The molecule has 7 nitrogen and oxygen atoms in total. The van der Waals surface area contributed by atoms with Gasteiger partial charge in [0.25, 0.3) is 6.47 Å². The minimum atomic E-state index is 0.530. The molecule has 4 aliphatic rings. The quantitative estimate of drug-likeness (QED) is 0.233. The number of rotatable bonds is 10. The summed E-state index contributed by atoms with van der Waals surface area (Å²) >= 11 is 0. The summed E-state index contributed by atoms with van der Waals surface area (Å²) in [6, 6.07) is 13.0. The van der Waals surface area contributed by atoms with Crippen molar-refractivity contribution >= 4 is 23.1 Å². The van der Waals surface area contributed by atoms with Crippen molar-refractivity contribution in [3.8, 4) is 22.8 Å². The molecule has 0 atom stereocenters. The largest absolute Gasteiger partial charge is 0.489 e. The van der Waals surface area contributed by atoms with Crippen LogP contribution in [0.15, 0.2) is 36.4 Å².